The minimum atomic E-state index is -1.15. The zero-order chi connectivity index (χ0) is 26.4. The van der Waals surface area contributed by atoms with Crippen molar-refractivity contribution in [3.05, 3.63) is 59.7 Å². The van der Waals surface area contributed by atoms with Gasteiger partial charge in [0.2, 0.25) is 0 Å². The monoisotopic (exact) mass is 506 g/mol. The van der Waals surface area contributed by atoms with Crippen molar-refractivity contribution < 1.29 is 29.0 Å². The second-order valence-electron chi connectivity index (χ2n) is 11.4. The summed E-state index contributed by atoms with van der Waals surface area (Å²) < 4.78 is 11.2. The smallest absolute Gasteiger partial charge is 0.410 e. The summed E-state index contributed by atoms with van der Waals surface area (Å²) in [5, 5.41) is 12.8. The minimum Gasteiger partial charge on any atom is -0.481 e. The van der Waals surface area contributed by atoms with Gasteiger partial charge in [-0.2, -0.15) is 0 Å². The van der Waals surface area contributed by atoms with Crippen molar-refractivity contribution in [1.82, 2.24) is 10.2 Å². The Labute approximate surface area is 216 Å². The summed E-state index contributed by atoms with van der Waals surface area (Å²) in [6, 6.07) is 15.9. The van der Waals surface area contributed by atoms with Gasteiger partial charge in [0.1, 0.15) is 12.2 Å². The van der Waals surface area contributed by atoms with Gasteiger partial charge in [-0.3, -0.25) is 4.79 Å². The third kappa shape index (κ3) is 4.77. The van der Waals surface area contributed by atoms with Crippen LogP contribution in [0.5, 0.6) is 0 Å². The Hall–Kier alpha value is -3.55. The molecule has 2 saturated heterocycles. The summed E-state index contributed by atoms with van der Waals surface area (Å²) in [6.45, 7) is 5.46. The lowest BCUT2D eigenvalue weighted by atomic mass is 9.74. The fraction of sp³-hybridized carbons (Fsp3) is 0.483. The molecular weight excluding hydrogens is 472 g/mol. The lowest BCUT2D eigenvalue weighted by Gasteiger charge is -2.43. The van der Waals surface area contributed by atoms with E-state index in [1.54, 1.807) is 25.7 Å². The second kappa shape index (κ2) is 9.39. The number of carboxylic acids is 1. The van der Waals surface area contributed by atoms with E-state index in [4.69, 9.17) is 9.47 Å². The molecule has 2 heterocycles. The molecule has 0 spiro atoms. The molecule has 2 aliphatic heterocycles. The highest BCUT2D eigenvalue weighted by Crippen LogP contribution is 2.47. The number of carboxylic acid groups (broad SMARTS) is 1. The maximum absolute atomic E-state index is 13.3. The van der Waals surface area contributed by atoms with Crippen LogP contribution in [-0.2, 0) is 14.3 Å². The molecule has 2 amide bonds. The quantitative estimate of drug-likeness (QED) is 0.581. The zero-order valence-corrected chi connectivity index (χ0v) is 21.5. The SMILES string of the molecule is CC(C)(C)OC(=O)NCC1(C(=O)O)CC2CCC(C1)N2C(=O)OCC1c2ccccc2-c2ccccc21. The molecule has 3 aliphatic rings. The number of carbonyl (C=O) groups excluding carboxylic acids is 2. The Kier molecular flexibility index (Phi) is 6.38. The predicted octanol–water partition coefficient (Wildman–Crippen LogP) is 5.16. The van der Waals surface area contributed by atoms with Crippen molar-refractivity contribution in [3.8, 4) is 11.1 Å². The number of ether oxygens (including phenoxy) is 2. The maximum Gasteiger partial charge on any atom is 0.410 e. The van der Waals surface area contributed by atoms with Gasteiger partial charge in [0, 0.05) is 24.5 Å². The van der Waals surface area contributed by atoms with Gasteiger partial charge in [-0.1, -0.05) is 48.5 Å². The largest absolute Gasteiger partial charge is 0.481 e. The molecule has 0 aromatic heterocycles. The number of carbonyl (C=O) groups is 3. The molecule has 5 rings (SSSR count). The highest BCUT2D eigenvalue weighted by molar-refractivity contribution is 5.80. The average molecular weight is 507 g/mol. The molecule has 2 atom stereocenters. The van der Waals surface area contributed by atoms with Gasteiger partial charge in [-0.05, 0) is 68.7 Å². The van der Waals surface area contributed by atoms with E-state index >= 15 is 0 Å². The van der Waals surface area contributed by atoms with Gasteiger partial charge >= 0.3 is 18.2 Å². The number of fused-ring (bicyclic) bond motifs is 5. The summed E-state index contributed by atoms with van der Waals surface area (Å²) in [4.78, 5) is 39.6. The van der Waals surface area contributed by atoms with Crippen LogP contribution in [0.15, 0.2) is 48.5 Å². The lowest BCUT2D eigenvalue weighted by molar-refractivity contribution is -0.153. The van der Waals surface area contributed by atoms with Crippen LogP contribution in [0.2, 0.25) is 0 Å². The highest BCUT2D eigenvalue weighted by Gasteiger charge is 2.54. The molecule has 1 aliphatic carbocycles. The number of nitrogens with zero attached hydrogens (tertiary/aromatic N) is 1. The standard InChI is InChI=1S/C29H34N2O6/c1-28(2,3)37-26(34)30-17-29(25(32)33)14-18-12-13-19(15-29)31(18)27(35)36-16-24-22-10-6-4-8-20(22)21-9-5-7-11-23(21)24/h4-11,18-19,24H,12-17H2,1-3H3,(H,30,34)(H,32,33). The Morgan fingerprint density at radius 1 is 0.973 bits per heavy atom. The number of hydrogen-bond acceptors (Lipinski definition) is 5. The number of benzene rings is 2. The van der Waals surface area contributed by atoms with Crippen LogP contribution in [0, 0.1) is 5.41 Å². The van der Waals surface area contributed by atoms with Crippen LogP contribution in [-0.4, -0.2) is 59.0 Å². The Morgan fingerprint density at radius 2 is 1.51 bits per heavy atom. The van der Waals surface area contributed by atoms with Crippen LogP contribution in [0.3, 0.4) is 0 Å². The van der Waals surface area contributed by atoms with Crippen molar-refractivity contribution in [3.63, 3.8) is 0 Å². The van der Waals surface area contributed by atoms with Gasteiger partial charge in [0.15, 0.2) is 0 Å². The highest BCUT2D eigenvalue weighted by atomic mass is 16.6. The van der Waals surface area contributed by atoms with E-state index in [0.29, 0.717) is 0 Å². The van der Waals surface area contributed by atoms with E-state index < -0.39 is 29.2 Å². The van der Waals surface area contributed by atoms with Crippen LogP contribution in [0.1, 0.15) is 63.5 Å². The van der Waals surface area contributed by atoms with Crippen molar-refractivity contribution in [2.45, 2.75) is 70.1 Å². The van der Waals surface area contributed by atoms with E-state index in [1.807, 2.05) is 24.3 Å². The topological polar surface area (TPSA) is 105 Å². The second-order valence-corrected chi connectivity index (χ2v) is 11.4. The third-order valence-electron chi connectivity index (χ3n) is 7.84. The molecule has 0 saturated carbocycles. The number of aliphatic carboxylic acids is 1. The Morgan fingerprint density at radius 3 is 2.03 bits per heavy atom. The fourth-order valence-corrected chi connectivity index (χ4v) is 6.26. The number of nitrogens with one attached hydrogen (secondary N) is 1. The Bertz CT molecular complexity index is 1160. The van der Waals surface area contributed by atoms with Gasteiger partial charge in [-0.25, -0.2) is 9.59 Å². The number of alkyl carbamates (subject to hydrolysis) is 1. The predicted molar refractivity (Wildman–Crippen MR) is 137 cm³/mol. The molecule has 0 radical (unpaired) electrons. The molecule has 2 aromatic rings. The first-order chi connectivity index (χ1) is 17.6. The summed E-state index contributed by atoms with van der Waals surface area (Å²) in [5.41, 5.74) is 2.81. The van der Waals surface area contributed by atoms with Crippen LogP contribution in [0.4, 0.5) is 9.59 Å². The molecule has 2 N–H and O–H groups in total. The van der Waals surface area contributed by atoms with Crippen LogP contribution < -0.4 is 5.32 Å². The number of rotatable bonds is 5. The van der Waals surface area contributed by atoms with Crippen molar-refractivity contribution in [2.75, 3.05) is 13.2 Å². The van der Waals surface area contributed by atoms with Crippen LogP contribution >= 0.6 is 0 Å². The lowest BCUT2D eigenvalue weighted by Crippen LogP contribution is -2.56. The molecular formula is C29H34N2O6. The zero-order valence-electron chi connectivity index (χ0n) is 21.5. The van der Waals surface area contributed by atoms with E-state index in [-0.39, 0.29) is 44.0 Å². The molecule has 8 nitrogen and oxygen atoms in total. The summed E-state index contributed by atoms with van der Waals surface area (Å²) >= 11 is 0. The number of piperidine rings is 1. The first kappa shape index (κ1) is 25.1. The molecule has 37 heavy (non-hydrogen) atoms. The van der Waals surface area contributed by atoms with E-state index in [0.717, 1.165) is 24.0 Å². The van der Waals surface area contributed by atoms with E-state index in [9.17, 15) is 19.5 Å². The average Bonchev–Trinajstić information content (AvgIpc) is 3.31. The number of amides is 2. The summed E-state index contributed by atoms with van der Waals surface area (Å²) in [5.74, 6) is -0.998. The molecule has 8 heteroatoms. The maximum atomic E-state index is 13.3. The summed E-state index contributed by atoms with van der Waals surface area (Å²) in [6.07, 6.45) is 0.928. The third-order valence-corrected chi connectivity index (χ3v) is 7.84. The van der Waals surface area contributed by atoms with Crippen LogP contribution in [0.25, 0.3) is 11.1 Å². The first-order valence-electron chi connectivity index (χ1n) is 12.9. The molecule has 2 fully saturated rings. The number of hydrogen-bond donors (Lipinski definition) is 2. The van der Waals surface area contributed by atoms with E-state index in [1.165, 1.54) is 11.1 Å². The van der Waals surface area contributed by atoms with E-state index in [2.05, 4.69) is 29.6 Å². The van der Waals surface area contributed by atoms with Gasteiger partial charge in [0.25, 0.3) is 0 Å². The Balaban J connectivity index is 1.26. The molecule has 196 valence electrons. The summed E-state index contributed by atoms with van der Waals surface area (Å²) in [7, 11) is 0. The fourth-order valence-electron chi connectivity index (χ4n) is 6.26. The molecule has 2 bridgehead atoms. The van der Waals surface area contributed by atoms with Gasteiger partial charge in [0.05, 0.1) is 5.41 Å². The molecule has 2 aromatic carbocycles. The van der Waals surface area contributed by atoms with Gasteiger partial charge < -0.3 is 24.8 Å². The molecule has 2 unspecified atom stereocenters. The first-order valence-corrected chi connectivity index (χ1v) is 12.9. The van der Waals surface area contributed by atoms with Gasteiger partial charge in [-0.15, -0.1) is 0 Å². The normalized spacial score (nSPS) is 24.2. The van der Waals surface area contributed by atoms with Crippen molar-refractivity contribution in [1.29, 1.82) is 0 Å². The minimum absolute atomic E-state index is 0.0325. The van der Waals surface area contributed by atoms with Crippen molar-refractivity contribution in [2.24, 2.45) is 5.41 Å². The van der Waals surface area contributed by atoms with Crippen molar-refractivity contribution >= 4 is 18.2 Å².